The van der Waals surface area contributed by atoms with Crippen LogP contribution in [0, 0.1) is 6.92 Å². The third kappa shape index (κ3) is 3.73. The van der Waals surface area contributed by atoms with Crippen LogP contribution in [0.15, 0.2) is 42.5 Å². The summed E-state index contributed by atoms with van der Waals surface area (Å²) in [5.74, 6) is 0. The van der Waals surface area contributed by atoms with E-state index in [0.29, 0.717) is 6.61 Å². The Bertz CT molecular complexity index is 858. The minimum absolute atomic E-state index is 0.279. The molecule has 1 atom stereocenters. The van der Waals surface area contributed by atoms with Gasteiger partial charge in [0, 0.05) is 25.4 Å². The molecule has 0 aliphatic rings. The summed E-state index contributed by atoms with van der Waals surface area (Å²) in [6.45, 7) is 8.94. The molecule has 0 spiro atoms. The van der Waals surface area contributed by atoms with Crippen LogP contribution in [-0.4, -0.2) is 41.3 Å². The maximum absolute atomic E-state index is 5.45. The molecule has 0 N–H and O–H groups in total. The van der Waals surface area contributed by atoms with Gasteiger partial charge >= 0.3 is 0 Å². The first-order valence-corrected chi connectivity index (χ1v) is 9.28. The molecule has 2 aromatic carbocycles. The molecule has 5 nitrogen and oxygen atoms in total. The Balaban J connectivity index is 1.90. The van der Waals surface area contributed by atoms with Crippen molar-refractivity contribution in [2.45, 2.75) is 39.8 Å². The molecule has 0 bridgehead atoms. The minimum Gasteiger partial charge on any atom is -0.383 e. The van der Waals surface area contributed by atoms with Gasteiger partial charge in [0.1, 0.15) is 5.52 Å². The Hall–Kier alpha value is -2.40. The molecular formula is C21H28N4O. The first-order chi connectivity index (χ1) is 12.7. The molecule has 0 radical (unpaired) electrons. The van der Waals surface area contributed by atoms with Crippen molar-refractivity contribution in [3.8, 4) is 0 Å². The first kappa shape index (κ1) is 18.4. The van der Waals surface area contributed by atoms with Crippen LogP contribution in [0.1, 0.15) is 25.0 Å². The van der Waals surface area contributed by atoms with E-state index < -0.39 is 0 Å². The Morgan fingerprint density at radius 2 is 1.96 bits per heavy atom. The second kappa shape index (κ2) is 8.32. The van der Waals surface area contributed by atoms with Crippen molar-refractivity contribution in [1.82, 2.24) is 15.0 Å². The van der Waals surface area contributed by atoms with Gasteiger partial charge in [-0.1, -0.05) is 42.5 Å². The third-order valence-electron chi connectivity index (χ3n) is 4.90. The topological polar surface area (TPSA) is 43.2 Å². The van der Waals surface area contributed by atoms with E-state index in [0.717, 1.165) is 30.5 Å². The zero-order chi connectivity index (χ0) is 18.5. The summed E-state index contributed by atoms with van der Waals surface area (Å²) in [4.78, 5) is 2.45. The van der Waals surface area contributed by atoms with E-state index in [1.807, 2.05) is 22.9 Å². The summed E-state index contributed by atoms with van der Waals surface area (Å²) in [5.41, 5.74) is 6.01. The number of methoxy groups -OCH3 is 1. The fourth-order valence-corrected chi connectivity index (χ4v) is 3.58. The Labute approximate surface area is 155 Å². The predicted molar refractivity (Wildman–Crippen MR) is 107 cm³/mol. The number of hydrogen-bond donors (Lipinski definition) is 0. The molecule has 1 aromatic heterocycles. The van der Waals surface area contributed by atoms with Gasteiger partial charge in [0.15, 0.2) is 0 Å². The molecule has 5 heteroatoms. The van der Waals surface area contributed by atoms with E-state index in [9.17, 15) is 0 Å². The average molecular weight is 352 g/mol. The Morgan fingerprint density at radius 3 is 2.73 bits per heavy atom. The maximum Gasteiger partial charge on any atom is 0.113 e. The SMILES string of the molecule is CCc1cccc(C)c1N(CCn1nnc2ccccc21)C(C)COC. The highest BCUT2D eigenvalue weighted by Crippen LogP contribution is 2.28. The molecule has 0 aliphatic heterocycles. The molecule has 3 rings (SSSR count). The fourth-order valence-electron chi connectivity index (χ4n) is 3.58. The molecular weight excluding hydrogens is 324 g/mol. The maximum atomic E-state index is 5.45. The summed E-state index contributed by atoms with van der Waals surface area (Å²) < 4.78 is 7.44. The van der Waals surface area contributed by atoms with Crippen LogP contribution in [0.3, 0.4) is 0 Å². The number of aryl methyl sites for hydroxylation is 2. The van der Waals surface area contributed by atoms with Crippen LogP contribution in [0.5, 0.6) is 0 Å². The zero-order valence-electron chi connectivity index (χ0n) is 16.1. The molecule has 138 valence electrons. The zero-order valence-corrected chi connectivity index (χ0v) is 16.1. The summed E-state index contributed by atoms with van der Waals surface area (Å²) in [6.07, 6.45) is 1.01. The summed E-state index contributed by atoms with van der Waals surface area (Å²) in [7, 11) is 1.76. The standard InChI is InChI=1S/C21H28N4O/c1-5-18-10-8-9-16(2)21(18)24(17(3)15-26-4)13-14-25-20-12-7-6-11-19(20)22-23-25/h6-12,17H,5,13-15H2,1-4H3. The number of hydrogen-bond acceptors (Lipinski definition) is 4. The highest BCUT2D eigenvalue weighted by atomic mass is 16.5. The first-order valence-electron chi connectivity index (χ1n) is 9.28. The minimum atomic E-state index is 0.279. The third-order valence-corrected chi connectivity index (χ3v) is 4.90. The molecule has 0 fully saturated rings. The van der Waals surface area contributed by atoms with Crippen LogP contribution in [-0.2, 0) is 17.7 Å². The molecule has 3 aromatic rings. The number of benzene rings is 2. The summed E-state index contributed by atoms with van der Waals surface area (Å²) in [6, 6.07) is 14.9. The van der Waals surface area contributed by atoms with Crippen LogP contribution in [0.2, 0.25) is 0 Å². The average Bonchev–Trinajstić information content (AvgIpc) is 3.06. The Kier molecular flexibility index (Phi) is 5.89. The molecule has 0 saturated heterocycles. The van der Waals surface area contributed by atoms with E-state index >= 15 is 0 Å². The van der Waals surface area contributed by atoms with Crippen LogP contribution in [0.25, 0.3) is 11.0 Å². The predicted octanol–water partition coefficient (Wildman–Crippen LogP) is 3.84. The van der Waals surface area contributed by atoms with Crippen molar-refractivity contribution in [2.24, 2.45) is 0 Å². The van der Waals surface area contributed by atoms with Gasteiger partial charge in [-0.25, -0.2) is 4.68 Å². The Morgan fingerprint density at radius 1 is 1.15 bits per heavy atom. The lowest BCUT2D eigenvalue weighted by atomic mass is 10.0. The summed E-state index contributed by atoms with van der Waals surface area (Å²) in [5, 5.41) is 8.61. The summed E-state index contributed by atoms with van der Waals surface area (Å²) >= 11 is 0. The molecule has 0 saturated carbocycles. The highest BCUT2D eigenvalue weighted by Gasteiger charge is 2.19. The fraction of sp³-hybridized carbons (Fsp3) is 0.429. The van der Waals surface area contributed by atoms with Gasteiger partial charge < -0.3 is 9.64 Å². The number of ether oxygens (including phenoxy) is 1. The lowest BCUT2D eigenvalue weighted by molar-refractivity contribution is 0.181. The van der Waals surface area contributed by atoms with Crippen molar-refractivity contribution in [3.63, 3.8) is 0 Å². The highest BCUT2D eigenvalue weighted by molar-refractivity contribution is 5.73. The number of fused-ring (bicyclic) bond motifs is 1. The lowest BCUT2D eigenvalue weighted by Gasteiger charge is -2.34. The van der Waals surface area contributed by atoms with Crippen LogP contribution in [0.4, 0.5) is 5.69 Å². The van der Waals surface area contributed by atoms with Crippen LogP contribution >= 0.6 is 0 Å². The van der Waals surface area contributed by atoms with E-state index in [1.165, 1.54) is 16.8 Å². The number of anilines is 1. The number of rotatable bonds is 8. The van der Waals surface area contributed by atoms with Crippen molar-refractivity contribution in [3.05, 3.63) is 53.6 Å². The largest absolute Gasteiger partial charge is 0.383 e. The van der Waals surface area contributed by atoms with Gasteiger partial charge in [0.25, 0.3) is 0 Å². The number of para-hydroxylation sites is 2. The van der Waals surface area contributed by atoms with Crippen molar-refractivity contribution in [2.75, 3.05) is 25.2 Å². The molecule has 0 aliphatic carbocycles. The van der Waals surface area contributed by atoms with E-state index in [4.69, 9.17) is 4.74 Å². The molecule has 0 amide bonds. The van der Waals surface area contributed by atoms with Gasteiger partial charge in [0.05, 0.1) is 18.7 Å². The molecule has 1 heterocycles. The second-order valence-electron chi connectivity index (χ2n) is 6.74. The van der Waals surface area contributed by atoms with Crippen molar-refractivity contribution < 1.29 is 4.74 Å². The lowest BCUT2D eigenvalue weighted by Crippen LogP contribution is -2.39. The van der Waals surface area contributed by atoms with Crippen molar-refractivity contribution in [1.29, 1.82) is 0 Å². The van der Waals surface area contributed by atoms with E-state index in [-0.39, 0.29) is 6.04 Å². The number of aromatic nitrogens is 3. The van der Waals surface area contributed by atoms with Gasteiger partial charge in [-0.05, 0) is 43.5 Å². The van der Waals surface area contributed by atoms with Crippen molar-refractivity contribution >= 4 is 16.7 Å². The second-order valence-corrected chi connectivity index (χ2v) is 6.74. The van der Waals surface area contributed by atoms with Crippen LogP contribution < -0.4 is 4.90 Å². The van der Waals surface area contributed by atoms with Gasteiger partial charge in [0.2, 0.25) is 0 Å². The number of nitrogens with zero attached hydrogens (tertiary/aromatic N) is 4. The molecule has 1 unspecified atom stereocenters. The smallest absolute Gasteiger partial charge is 0.113 e. The van der Waals surface area contributed by atoms with Gasteiger partial charge in [-0.15, -0.1) is 5.10 Å². The van der Waals surface area contributed by atoms with E-state index in [1.54, 1.807) is 7.11 Å². The van der Waals surface area contributed by atoms with Gasteiger partial charge in [-0.3, -0.25) is 0 Å². The normalized spacial score (nSPS) is 12.5. The monoisotopic (exact) mass is 352 g/mol. The van der Waals surface area contributed by atoms with Gasteiger partial charge in [-0.2, -0.15) is 0 Å². The molecule has 26 heavy (non-hydrogen) atoms. The van der Waals surface area contributed by atoms with E-state index in [2.05, 4.69) is 60.2 Å². The quantitative estimate of drug-likeness (QED) is 0.618.